The largest absolute Gasteiger partial charge is 0.467 e. The van der Waals surface area contributed by atoms with E-state index in [4.69, 9.17) is 0 Å². The number of rotatable bonds is 6. The molecule has 2 atom stereocenters. The molecule has 0 bridgehead atoms. The summed E-state index contributed by atoms with van der Waals surface area (Å²) in [6.07, 6.45) is -2.34. The molecule has 0 spiro atoms. The van der Waals surface area contributed by atoms with Crippen LogP contribution in [0.5, 0.6) is 0 Å². The number of esters is 1. The molecule has 0 aliphatic rings. The lowest BCUT2D eigenvalue weighted by molar-refractivity contribution is -0.384. The fraction of sp³-hybridized carbons (Fsp3) is 0.385. The Balaban J connectivity index is 2.95. The van der Waals surface area contributed by atoms with E-state index < -0.39 is 29.1 Å². The molecule has 1 rings (SSSR count). The molecule has 0 aromatic heterocycles. The molecule has 0 aliphatic heterocycles. The van der Waals surface area contributed by atoms with E-state index in [1.165, 1.54) is 24.3 Å². The van der Waals surface area contributed by atoms with Gasteiger partial charge in [-0.1, -0.05) is 0 Å². The van der Waals surface area contributed by atoms with Crippen molar-refractivity contribution in [3.05, 3.63) is 39.9 Å². The van der Waals surface area contributed by atoms with Gasteiger partial charge in [0.15, 0.2) is 6.04 Å². The minimum Gasteiger partial charge on any atom is -0.467 e. The minimum atomic E-state index is -1.45. The van der Waals surface area contributed by atoms with Gasteiger partial charge >= 0.3 is 12.1 Å². The van der Waals surface area contributed by atoms with Gasteiger partial charge in [-0.3, -0.25) is 10.1 Å². The molecule has 120 valence electrons. The summed E-state index contributed by atoms with van der Waals surface area (Å²) in [6.45, 7) is 1.67. The van der Waals surface area contributed by atoms with Gasteiger partial charge < -0.3 is 19.9 Å². The van der Waals surface area contributed by atoms with E-state index in [1.54, 1.807) is 6.92 Å². The lowest BCUT2D eigenvalue weighted by Gasteiger charge is -2.21. The maximum Gasteiger partial charge on any atom is 0.407 e. The first-order valence-corrected chi connectivity index (χ1v) is 6.34. The second kappa shape index (κ2) is 7.93. The number of alkyl carbamates (subject to hydrolysis) is 1. The molecule has 2 N–H and O–H groups in total. The number of hydrogen-bond donors (Lipinski definition) is 2. The number of non-ortho nitro benzene ring substituents is 1. The van der Waals surface area contributed by atoms with Crippen molar-refractivity contribution in [2.24, 2.45) is 0 Å². The molecular weight excluding hydrogens is 296 g/mol. The topological polar surface area (TPSA) is 128 Å². The van der Waals surface area contributed by atoms with Gasteiger partial charge in [0.1, 0.15) is 6.10 Å². The van der Waals surface area contributed by atoms with Crippen LogP contribution in [0.15, 0.2) is 24.3 Å². The summed E-state index contributed by atoms with van der Waals surface area (Å²) < 4.78 is 9.16. The van der Waals surface area contributed by atoms with Crippen LogP contribution in [0.4, 0.5) is 10.5 Å². The zero-order chi connectivity index (χ0) is 16.7. The Morgan fingerprint density at radius 2 is 1.95 bits per heavy atom. The highest BCUT2D eigenvalue weighted by Crippen LogP contribution is 2.21. The fourth-order valence-electron chi connectivity index (χ4n) is 1.68. The molecule has 1 amide bonds. The highest BCUT2D eigenvalue weighted by molar-refractivity contribution is 5.82. The van der Waals surface area contributed by atoms with E-state index in [0.29, 0.717) is 0 Å². The van der Waals surface area contributed by atoms with Crippen LogP contribution >= 0.6 is 0 Å². The molecule has 22 heavy (non-hydrogen) atoms. The number of benzene rings is 1. The third kappa shape index (κ3) is 4.42. The summed E-state index contributed by atoms with van der Waals surface area (Å²) in [4.78, 5) is 33.1. The number of carbonyl (C=O) groups excluding carboxylic acids is 2. The van der Waals surface area contributed by atoms with E-state index in [0.717, 1.165) is 7.11 Å². The van der Waals surface area contributed by atoms with Crippen LogP contribution in [0.2, 0.25) is 0 Å². The lowest BCUT2D eigenvalue weighted by atomic mass is 10.0. The summed E-state index contributed by atoms with van der Waals surface area (Å²) >= 11 is 0. The Bertz CT molecular complexity index is 544. The van der Waals surface area contributed by atoms with E-state index >= 15 is 0 Å². The van der Waals surface area contributed by atoms with Crippen molar-refractivity contribution in [2.75, 3.05) is 13.7 Å². The normalized spacial score (nSPS) is 12.9. The third-order valence-electron chi connectivity index (χ3n) is 2.77. The highest BCUT2D eigenvalue weighted by atomic mass is 16.6. The fourth-order valence-corrected chi connectivity index (χ4v) is 1.68. The Morgan fingerprint density at radius 3 is 2.41 bits per heavy atom. The molecule has 0 saturated carbocycles. The number of aliphatic hydroxyl groups is 1. The summed E-state index contributed by atoms with van der Waals surface area (Å²) in [7, 11) is 1.10. The van der Waals surface area contributed by atoms with Crippen LogP contribution < -0.4 is 5.32 Å². The van der Waals surface area contributed by atoms with E-state index in [1.807, 2.05) is 0 Å². The van der Waals surface area contributed by atoms with Crippen LogP contribution in [0.3, 0.4) is 0 Å². The number of hydrogen-bond acceptors (Lipinski definition) is 7. The van der Waals surface area contributed by atoms with E-state index in [9.17, 15) is 24.8 Å². The summed E-state index contributed by atoms with van der Waals surface area (Å²) in [5.41, 5.74) is 0.0433. The Morgan fingerprint density at radius 1 is 1.36 bits per heavy atom. The predicted molar refractivity (Wildman–Crippen MR) is 74.0 cm³/mol. The van der Waals surface area contributed by atoms with E-state index in [-0.39, 0.29) is 17.9 Å². The number of amides is 1. The van der Waals surface area contributed by atoms with Crippen LogP contribution in [0.25, 0.3) is 0 Å². The number of nitro benzene ring substituents is 1. The highest BCUT2D eigenvalue weighted by Gasteiger charge is 2.31. The van der Waals surface area contributed by atoms with Crippen molar-refractivity contribution in [2.45, 2.75) is 19.1 Å². The molecule has 0 heterocycles. The monoisotopic (exact) mass is 312 g/mol. The van der Waals surface area contributed by atoms with Gasteiger partial charge in [0.25, 0.3) is 5.69 Å². The Kier molecular flexibility index (Phi) is 6.26. The molecule has 9 nitrogen and oxygen atoms in total. The zero-order valence-corrected chi connectivity index (χ0v) is 12.0. The Labute approximate surface area is 126 Å². The molecule has 0 aliphatic carbocycles. The van der Waals surface area contributed by atoms with Gasteiger partial charge in [0.2, 0.25) is 0 Å². The number of nitrogens with zero attached hydrogens (tertiary/aromatic N) is 1. The standard InChI is InChI=1S/C13H16N2O7/c1-3-22-13(18)14-10(12(17)21-2)11(16)8-4-6-9(7-5-8)15(19)20/h4-7,10-11,16H,3H2,1-2H3,(H,14,18)/t10-,11+/m1/s1. The van der Waals surface area contributed by atoms with Crippen LogP contribution in [0.1, 0.15) is 18.6 Å². The predicted octanol–water partition coefficient (Wildman–Crippen LogP) is 0.916. The minimum absolute atomic E-state index is 0.0906. The second-order valence-corrected chi connectivity index (χ2v) is 4.16. The van der Waals surface area contributed by atoms with Crippen LogP contribution in [-0.2, 0) is 14.3 Å². The van der Waals surface area contributed by atoms with Crippen LogP contribution in [-0.4, -0.2) is 41.9 Å². The summed E-state index contributed by atoms with van der Waals surface area (Å²) in [5.74, 6) is -0.876. The molecule has 0 unspecified atom stereocenters. The molecule has 1 aromatic rings. The SMILES string of the molecule is CCOC(=O)N[C@@H](C(=O)OC)[C@@H](O)c1ccc([N+](=O)[O-])cc1. The van der Waals surface area contributed by atoms with Gasteiger partial charge in [-0.2, -0.15) is 0 Å². The van der Waals surface area contributed by atoms with Gasteiger partial charge in [0, 0.05) is 12.1 Å². The zero-order valence-electron chi connectivity index (χ0n) is 12.0. The van der Waals surface area contributed by atoms with Gasteiger partial charge in [-0.15, -0.1) is 0 Å². The number of nitrogens with one attached hydrogen (secondary N) is 1. The lowest BCUT2D eigenvalue weighted by Crippen LogP contribution is -2.45. The number of nitro groups is 1. The van der Waals surface area contributed by atoms with Gasteiger partial charge in [-0.05, 0) is 24.6 Å². The molecule has 0 radical (unpaired) electrons. The molecule has 0 fully saturated rings. The average Bonchev–Trinajstić information content (AvgIpc) is 2.51. The average molecular weight is 312 g/mol. The van der Waals surface area contributed by atoms with Crippen molar-refractivity contribution in [1.29, 1.82) is 0 Å². The van der Waals surface area contributed by atoms with Crippen molar-refractivity contribution < 1.29 is 29.1 Å². The number of methoxy groups -OCH3 is 1. The Hall–Kier alpha value is -2.68. The van der Waals surface area contributed by atoms with E-state index in [2.05, 4.69) is 14.8 Å². The first kappa shape index (κ1) is 17.4. The molecule has 1 aromatic carbocycles. The summed E-state index contributed by atoms with van der Waals surface area (Å²) in [5, 5.41) is 23.0. The summed E-state index contributed by atoms with van der Waals surface area (Å²) in [6, 6.07) is 3.52. The molecule has 9 heteroatoms. The maximum absolute atomic E-state index is 11.7. The van der Waals surface area contributed by atoms with Crippen molar-refractivity contribution in [3.8, 4) is 0 Å². The van der Waals surface area contributed by atoms with Gasteiger partial charge in [0.05, 0.1) is 18.6 Å². The third-order valence-corrected chi connectivity index (χ3v) is 2.77. The first-order valence-electron chi connectivity index (χ1n) is 6.34. The molecular formula is C13H16N2O7. The van der Waals surface area contributed by atoms with Crippen LogP contribution in [0, 0.1) is 10.1 Å². The number of aliphatic hydroxyl groups excluding tert-OH is 1. The van der Waals surface area contributed by atoms with Gasteiger partial charge in [-0.25, -0.2) is 9.59 Å². The molecule has 0 saturated heterocycles. The number of ether oxygens (including phenoxy) is 2. The van der Waals surface area contributed by atoms with Crippen molar-refractivity contribution in [1.82, 2.24) is 5.32 Å². The van der Waals surface area contributed by atoms with Crippen molar-refractivity contribution >= 4 is 17.7 Å². The maximum atomic E-state index is 11.7. The van der Waals surface area contributed by atoms with Crippen molar-refractivity contribution in [3.63, 3.8) is 0 Å². The second-order valence-electron chi connectivity index (χ2n) is 4.16. The number of carbonyl (C=O) groups is 2. The smallest absolute Gasteiger partial charge is 0.407 e. The quantitative estimate of drug-likeness (QED) is 0.454. The first-order chi connectivity index (χ1) is 10.4.